The summed E-state index contributed by atoms with van der Waals surface area (Å²) in [6, 6.07) is 7.51. The van der Waals surface area contributed by atoms with Crippen molar-refractivity contribution in [3.05, 3.63) is 29.8 Å². The van der Waals surface area contributed by atoms with Gasteiger partial charge in [-0.2, -0.15) is 0 Å². The van der Waals surface area contributed by atoms with Gasteiger partial charge in [0, 0.05) is 25.7 Å². The molecule has 1 aromatic rings. The van der Waals surface area contributed by atoms with E-state index in [4.69, 9.17) is 0 Å². The fourth-order valence-corrected chi connectivity index (χ4v) is 2.68. The lowest BCUT2D eigenvalue weighted by Gasteiger charge is -2.25. The number of benzene rings is 1. The van der Waals surface area contributed by atoms with E-state index in [1.165, 1.54) is 6.92 Å². The summed E-state index contributed by atoms with van der Waals surface area (Å²) in [4.78, 5) is 23.3. The van der Waals surface area contributed by atoms with E-state index in [9.17, 15) is 9.59 Å². The first kappa shape index (κ1) is 15.5. The van der Waals surface area contributed by atoms with Crippen molar-refractivity contribution >= 4 is 17.5 Å². The molecule has 0 bridgehead atoms. The number of nitrogens with one attached hydrogen (secondary N) is 3. The van der Waals surface area contributed by atoms with Crippen LogP contribution in [0.15, 0.2) is 24.3 Å². The summed E-state index contributed by atoms with van der Waals surface area (Å²) in [5.41, 5.74) is 1.54. The van der Waals surface area contributed by atoms with Crippen LogP contribution in [-0.4, -0.2) is 24.9 Å². The second-order valence-corrected chi connectivity index (χ2v) is 5.62. The summed E-state index contributed by atoms with van der Waals surface area (Å²) < 4.78 is 0. The highest BCUT2D eigenvalue weighted by molar-refractivity contribution is 5.88. The number of anilines is 1. The highest BCUT2D eigenvalue weighted by Crippen LogP contribution is 2.29. The van der Waals surface area contributed by atoms with Crippen LogP contribution in [0.5, 0.6) is 0 Å². The van der Waals surface area contributed by atoms with Crippen molar-refractivity contribution in [3.63, 3.8) is 0 Å². The van der Waals surface area contributed by atoms with Crippen LogP contribution < -0.4 is 16.0 Å². The predicted octanol–water partition coefficient (Wildman–Crippen LogP) is 1.65. The minimum Gasteiger partial charge on any atom is -0.352 e. The van der Waals surface area contributed by atoms with Crippen LogP contribution in [0.1, 0.15) is 32.3 Å². The largest absolute Gasteiger partial charge is 0.352 e. The maximum atomic E-state index is 12.4. The Labute approximate surface area is 125 Å². The van der Waals surface area contributed by atoms with Gasteiger partial charge in [0.15, 0.2) is 0 Å². The monoisotopic (exact) mass is 289 g/mol. The molecule has 2 rings (SSSR count). The first-order chi connectivity index (χ1) is 10.1. The number of hydrogen-bond donors (Lipinski definition) is 3. The molecule has 3 N–H and O–H groups in total. The average Bonchev–Trinajstić information content (AvgIpc) is 2.96. The van der Waals surface area contributed by atoms with Gasteiger partial charge in [0.1, 0.15) is 0 Å². The standard InChI is InChI=1S/C16H23N3O2/c1-3-16(8-9-17-11-16)15(21)18-10-13-4-6-14(7-5-13)19-12(2)20/h4-7,17H,3,8-11H2,1-2H3,(H,18,21)(H,19,20). The van der Waals surface area contributed by atoms with Gasteiger partial charge in [-0.25, -0.2) is 0 Å². The van der Waals surface area contributed by atoms with E-state index in [2.05, 4.69) is 22.9 Å². The first-order valence-corrected chi connectivity index (χ1v) is 7.41. The molecule has 2 amide bonds. The maximum Gasteiger partial charge on any atom is 0.227 e. The summed E-state index contributed by atoms with van der Waals surface area (Å²) in [5, 5.41) is 9.02. The number of carbonyl (C=O) groups is 2. The summed E-state index contributed by atoms with van der Waals surface area (Å²) >= 11 is 0. The quantitative estimate of drug-likeness (QED) is 0.772. The van der Waals surface area contributed by atoms with Crippen molar-refractivity contribution < 1.29 is 9.59 Å². The van der Waals surface area contributed by atoms with E-state index in [1.54, 1.807) is 0 Å². The molecule has 1 heterocycles. The zero-order chi connectivity index (χ0) is 15.3. The maximum absolute atomic E-state index is 12.4. The Balaban J connectivity index is 1.90. The Morgan fingerprint density at radius 2 is 2.00 bits per heavy atom. The van der Waals surface area contributed by atoms with Crippen molar-refractivity contribution in [2.45, 2.75) is 33.2 Å². The number of hydrogen-bond acceptors (Lipinski definition) is 3. The Morgan fingerprint density at radius 1 is 1.29 bits per heavy atom. The highest BCUT2D eigenvalue weighted by atomic mass is 16.2. The molecular formula is C16H23N3O2. The van der Waals surface area contributed by atoms with Crippen LogP contribution in [0.4, 0.5) is 5.69 Å². The normalized spacial score (nSPS) is 21.0. The molecule has 1 atom stereocenters. The minimum absolute atomic E-state index is 0.0883. The van der Waals surface area contributed by atoms with Crippen molar-refractivity contribution in [1.29, 1.82) is 0 Å². The summed E-state index contributed by atoms with van der Waals surface area (Å²) in [6.45, 7) is 5.73. The lowest BCUT2D eigenvalue weighted by molar-refractivity contribution is -0.130. The third kappa shape index (κ3) is 3.82. The van der Waals surface area contributed by atoms with Gasteiger partial charge in [-0.15, -0.1) is 0 Å². The Kier molecular flexibility index (Phi) is 4.96. The van der Waals surface area contributed by atoms with Crippen molar-refractivity contribution in [3.8, 4) is 0 Å². The molecule has 5 nitrogen and oxygen atoms in total. The minimum atomic E-state index is -0.254. The molecule has 0 aliphatic carbocycles. The van der Waals surface area contributed by atoms with Gasteiger partial charge in [0.2, 0.25) is 11.8 Å². The molecule has 1 unspecified atom stereocenters. The van der Waals surface area contributed by atoms with Crippen LogP contribution in [0.3, 0.4) is 0 Å². The molecule has 1 saturated heterocycles. The van der Waals surface area contributed by atoms with Gasteiger partial charge < -0.3 is 16.0 Å². The van der Waals surface area contributed by atoms with Crippen LogP contribution in [0, 0.1) is 5.41 Å². The molecule has 0 aromatic heterocycles. The molecule has 1 fully saturated rings. The van der Waals surface area contributed by atoms with Gasteiger partial charge in [-0.1, -0.05) is 19.1 Å². The second-order valence-electron chi connectivity index (χ2n) is 5.62. The van der Waals surface area contributed by atoms with Gasteiger partial charge >= 0.3 is 0 Å². The Hall–Kier alpha value is -1.88. The topological polar surface area (TPSA) is 70.2 Å². The van der Waals surface area contributed by atoms with E-state index < -0.39 is 0 Å². The predicted molar refractivity (Wildman–Crippen MR) is 82.8 cm³/mol. The molecule has 1 aromatic carbocycles. The lowest BCUT2D eigenvalue weighted by atomic mass is 9.83. The fourth-order valence-electron chi connectivity index (χ4n) is 2.68. The van der Waals surface area contributed by atoms with E-state index in [0.717, 1.165) is 37.2 Å². The third-order valence-corrected chi connectivity index (χ3v) is 4.13. The van der Waals surface area contributed by atoms with E-state index in [0.29, 0.717) is 6.54 Å². The Bertz CT molecular complexity index is 505. The lowest BCUT2D eigenvalue weighted by Crippen LogP contribution is -2.41. The summed E-state index contributed by atoms with van der Waals surface area (Å²) in [5.74, 6) is 0.0376. The summed E-state index contributed by atoms with van der Waals surface area (Å²) in [6.07, 6.45) is 1.75. The van der Waals surface area contributed by atoms with Crippen molar-refractivity contribution in [2.24, 2.45) is 5.41 Å². The zero-order valence-corrected chi connectivity index (χ0v) is 12.7. The van der Waals surface area contributed by atoms with Crippen LogP contribution >= 0.6 is 0 Å². The number of rotatable bonds is 5. The van der Waals surface area contributed by atoms with E-state index in [-0.39, 0.29) is 17.2 Å². The first-order valence-electron chi connectivity index (χ1n) is 7.41. The molecule has 1 aliphatic heterocycles. The molecule has 5 heteroatoms. The average molecular weight is 289 g/mol. The van der Waals surface area contributed by atoms with E-state index >= 15 is 0 Å². The smallest absolute Gasteiger partial charge is 0.227 e. The van der Waals surface area contributed by atoms with Gasteiger partial charge in [-0.3, -0.25) is 9.59 Å². The van der Waals surface area contributed by atoms with Crippen LogP contribution in [0.25, 0.3) is 0 Å². The third-order valence-electron chi connectivity index (χ3n) is 4.13. The van der Waals surface area contributed by atoms with Gasteiger partial charge in [-0.05, 0) is 37.1 Å². The molecule has 0 saturated carbocycles. The molecule has 0 radical (unpaired) electrons. The van der Waals surface area contributed by atoms with E-state index in [1.807, 2.05) is 24.3 Å². The van der Waals surface area contributed by atoms with Crippen LogP contribution in [-0.2, 0) is 16.1 Å². The van der Waals surface area contributed by atoms with Gasteiger partial charge in [0.05, 0.1) is 5.41 Å². The Morgan fingerprint density at radius 3 is 2.52 bits per heavy atom. The van der Waals surface area contributed by atoms with Crippen molar-refractivity contribution in [1.82, 2.24) is 10.6 Å². The molecular weight excluding hydrogens is 266 g/mol. The molecule has 0 spiro atoms. The zero-order valence-electron chi connectivity index (χ0n) is 12.7. The molecule has 21 heavy (non-hydrogen) atoms. The summed E-state index contributed by atoms with van der Waals surface area (Å²) in [7, 11) is 0. The number of amides is 2. The number of carbonyl (C=O) groups excluding carboxylic acids is 2. The fraction of sp³-hybridized carbons (Fsp3) is 0.500. The SMILES string of the molecule is CCC1(C(=O)NCc2ccc(NC(C)=O)cc2)CCNC1. The van der Waals surface area contributed by atoms with Crippen LogP contribution in [0.2, 0.25) is 0 Å². The second kappa shape index (κ2) is 6.72. The highest BCUT2D eigenvalue weighted by Gasteiger charge is 2.39. The van der Waals surface area contributed by atoms with Gasteiger partial charge in [0.25, 0.3) is 0 Å². The molecule has 1 aliphatic rings. The van der Waals surface area contributed by atoms with Crippen molar-refractivity contribution in [2.75, 3.05) is 18.4 Å². The molecule has 114 valence electrons.